The van der Waals surface area contributed by atoms with Crippen LogP contribution in [0.4, 0.5) is 11.4 Å². The van der Waals surface area contributed by atoms with Gasteiger partial charge in [-0.15, -0.1) is 11.3 Å². The number of fused-ring (bicyclic) bond motifs is 1. The van der Waals surface area contributed by atoms with Gasteiger partial charge in [0.05, 0.1) is 28.8 Å². The largest absolute Gasteiger partial charge is 0.462 e. The zero-order valence-corrected chi connectivity index (χ0v) is 21.4. The summed E-state index contributed by atoms with van der Waals surface area (Å²) in [5.74, 6) is -1.25. The SMILES string of the molecule is CCOC(=O)c1cccc(NC(=O)C(CC)n2cnc3sc(C(=O)Nc4ccccc4)c(C)c3c2=O)c1. The Morgan fingerprint density at radius 1 is 1.03 bits per heavy atom. The number of aryl methyl sites for hydroxylation is 1. The molecular weight excluding hydrogens is 492 g/mol. The molecule has 0 saturated carbocycles. The summed E-state index contributed by atoms with van der Waals surface area (Å²) in [4.78, 5) is 56.8. The van der Waals surface area contributed by atoms with E-state index < -0.39 is 23.5 Å². The van der Waals surface area contributed by atoms with Gasteiger partial charge in [0.25, 0.3) is 11.5 Å². The predicted octanol–water partition coefficient (Wildman–Crippen LogP) is 4.79. The summed E-state index contributed by atoms with van der Waals surface area (Å²) in [6, 6.07) is 14.6. The summed E-state index contributed by atoms with van der Waals surface area (Å²) in [6.45, 7) is 5.44. The summed E-state index contributed by atoms with van der Waals surface area (Å²) in [5.41, 5.74) is 1.47. The molecule has 0 spiro atoms. The fourth-order valence-corrected chi connectivity index (χ4v) is 4.99. The van der Waals surface area contributed by atoms with E-state index in [-0.39, 0.29) is 12.5 Å². The quantitative estimate of drug-likeness (QED) is 0.324. The van der Waals surface area contributed by atoms with E-state index in [1.54, 1.807) is 51.1 Å². The number of anilines is 2. The molecule has 4 rings (SSSR count). The van der Waals surface area contributed by atoms with Gasteiger partial charge < -0.3 is 15.4 Å². The van der Waals surface area contributed by atoms with Crippen molar-refractivity contribution in [3.8, 4) is 0 Å². The van der Waals surface area contributed by atoms with Crippen molar-refractivity contribution in [2.24, 2.45) is 0 Å². The Balaban J connectivity index is 1.61. The molecule has 2 amide bonds. The molecule has 0 aliphatic rings. The molecule has 0 radical (unpaired) electrons. The van der Waals surface area contributed by atoms with Crippen molar-refractivity contribution in [1.82, 2.24) is 9.55 Å². The molecule has 9 nitrogen and oxygen atoms in total. The molecule has 1 unspecified atom stereocenters. The maximum absolute atomic E-state index is 13.5. The molecular formula is C27H26N4O5S. The Labute approximate surface area is 217 Å². The summed E-state index contributed by atoms with van der Waals surface area (Å²) in [7, 11) is 0. The summed E-state index contributed by atoms with van der Waals surface area (Å²) < 4.78 is 6.30. The van der Waals surface area contributed by atoms with Crippen LogP contribution in [0.15, 0.2) is 65.7 Å². The van der Waals surface area contributed by atoms with Gasteiger partial charge in [-0.05, 0) is 56.2 Å². The highest BCUT2D eigenvalue weighted by Gasteiger charge is 2.25. The molecule has 1 atom stereocenters. The topological polar surface area (TPSA) is 119 Å². The van der Waals surface area contributed by atoms with Crippen molar-refractivity contribution in [3.05, 3.63) is 87.3 Å². The van der Waals surface area contributed by atoms with Crippen molar-refractivity contribution in [2.75, 3.05) is 17.2 Å². The highest BCUT2D eigenvalue weighted by Crippen LogP contribution is 2.28. The predicted molar refractivity (Wildman–Crippen MR) is 143 cm³/mol. The first-order chi connectivity index (χ1) is 17.8. The second-order valence-corrected chi connectivity index (χ2v) is 9.23. The summed E-state index contributed by atoms with van der Waals surface area (Å²) in [5, 5.41) is 5.91. The van der Waals surface area contributed by atoms with E-state index in [2.05, 4.69) is 15.6 Å². The fraction of sp³-hybridized carbons (Fsp3) is 0.222. The normalized spacial score (nSPS) is 11.6. The molecule has 0 fully saturated rings. The van der Waals surface area contributed by atoms with Crippen LogP contribution in [0.1, 0.15) is 51.9 Å². The van der Waals surface area contributed by atoms with E-state index in [9.17, 15) is 19.2 Å². The third-order valence-corrected chi connectivity index (χ3v) is 6.98. The van der Waals surface area contributed by atoms with Gasteiger partial charge >= 0.3 is 5.97 Å². The maximum atomic E-state index is 13.5. The van der Waals surface area contributed by atoms with Gasteiger partial charge in [-0.1, -0.05) is 31.2 Å². The van der Waals surface area contributed by atoms with Gasteiger partial charge in [0.1, 0.15) is 10.9 Å². The minimum absolute atomic E-state index is 0.239. The van der Waals surface area contributed by atoms with E-state index in [0.29, 0.717) is 44.0 Å². The molecule has 4 aromatic rings. The number of benzene rings is 2. The number of esters is 1. The van der Waals surface area contributed by atoms with Crippen LogP contribution in [0.5, 0.6) is 0 Å². The summed E-state index contributed by atoms with van der Waals surface area (Å²) >= 11 is 1.13. The van der Waals surface area contributed by atoms with Gasteiger partial charge in [-0.25, -0.2) is 9.78 Å². The van der Waals surface area contributed by atoms with E-state index >= 15 is 0 Å². The Bertz CT molecular complexity index is 1530. The minimum Gasteiger partial charge on any atom is -0.462 e. The molecule has 0 saturated heterocycles. The van der Waals surface area contributed by atoms with Crippen molar-refractivity contribution in [1.29, 1.82) is 0 Å². The highest BCUT2D eigenvalue weighted by atomic mass is 32.1. The molecule has 2 aromatic carbocycles. The highest BCUT2D eigenvalue weighted by molar-refractivity contribution is 7.20. The lowest BCUT2D eigenvalue weighted by Crippen LogP contribution is -2.33. The van der Waals surface area contributed by atoms with E-state index in [0.717, 1.165) is 11.3 Å². The van der Waals surface area contributed by atoms with Crippen molar-refractivity contribution in [3.63, 3.8) is 0 Å². The second-order valence-electron chi connectivity index (χ2n) is 8.23. The lowest BCUT2D eigenvalue weighted by molar-refractivity contribution is -0.119. The third-order valence-electron chi connectivity index (χ3n) is 5.78. The van der Waals surface area contributed by atoms with Crippen LogP contribution in [0.2, 0.25) is 0 Å². The number of hydrogen-bond donors (Lipinski definition) is 2. The number of thiophene rings is 1. The first-order valence-electron chi connectivity index (χ1n) is 11.8. The van der Waals surface area contributed by atoms with Crippen LogP contribution in [0, 0.1) is 6.92 Å². The molecule has 10 heteroatoms. The Kier molecular flexibility index (Phi) is 7.78. The van der Waals surface area contributed by atoms with Crippen molar-refractivity contribution >= 4 is 50.7 Å². The average Bonchev–Trinajstić information content (AvgIpc) is 3.24. The number of carbonyl (C=O) groups excluding carboxylic acids is 3. The molecule has 190 valence electrons. The van der Waals surface area contributed by atoms with E-state index in [1.165, 1.54) is 17.0 Å². The fourth-order valence-electron chi connectivity index (χ4n) is 3.96. The number of carbonyl (C=O) groups is 3. The van der Waals surface area contributed by atoms with Gasteiger partial charge in [0, 0.05) is 11.4 Å². The molecule has 2 N–H and O–H groups in total. The van der Waals surface area contributed by atoms with E-state index in [1.807, 2.05) is 18.2 Å². The van der Waals surface area contributed by atoms with Gasteiger partial charge in [-0.3, -0.25) is 19.0 Å². The first-order valence-corrected chi connectivity index (χ1v) is 12.6. The van der Waals surface area contributed by atoms with Crippen LogP contribution in [-0.4, -0.2) is 33.9 Å². The average molecular weight is 519 g/mol. The Hall–Kier alpha value is -4.31. The monoisotopic (exact) mass is 518 g/mol. The number of rotatable bonds is 8. The zero-order valence-electron chi connectivity index (χ0n) is 20.6. The number of aromatic nitrogens is 2. The smallest absolute Gasteiger partial charge is 0.338 e. The molecule has 2 aromatic heterocycles. The van der Waals surface area contributed by atoms with Crippen molar-refractivity contribution in [2.45, 2.75) is 33.2 Å². The number of nitrogens with one attached hydrogen (secondary N) is 2. The molecule has 2 heterocycles. The number of amides is 2. The first kappa shape index (κ1) is 25.8. The molecule has 0 aliphatic carbocycles. The van der Waals surface area contributed by atoms with Crippen LogP contribution >= 0.6 is 11.3 Å². The van der Waals surface area contributed by atoms with Crippen LogP contribution in [0.3, 0.4) is 0 Å². The molecule has 0 bridgehead atoms. The summed E-state index contributed by atoms with van der Waals surface area (Å²) in [6.07, 6.45) is 1.66. The zero-order chi connectivity index (χ0) is 26.5. The third kappa shape index (κ3) is 5.44. The van der Waals surface area contributed by atoms with E-state index in [4.69, 9.17) is 4.74 Å². The van der Waals surface area contributed by atoms with Gasteiger partial charge in [-0.2, -0.15) is 0 Å². The number of nitrogens with zero attached hydrogens (tertiary/aromatic N) is 2. The number of para-hydroxylation sites is 1. The van der Waals surface area contributed by atoms with Crippen molar-refractivity contribution < 1.29 is 19.1 Å². The number of hydrogen-bond acceptors (Lipinski definition) is 7. The Morgan fingerprint density at radius 3 is 2.46 bits per heavy atom. The Morgan fingerprint density at radius 2 is 1.76 bits per heavy atom. The van der Waals surface area contributed by atoms with Gasteiger partial charge in [0.15, 0.2) is 0 Å². The van der Waals surface area contributed by atoms with Crippen LogP contribution in [0.25, 0.3) is 10.2 Å². The number of ether oxygens (including phenoxy) is 1. The standard InChI is InChI=1S/C27H26N4O5S/c1-4-20(23(32)30-19-13-9-10-17(14-19)27(35)36-5-2)31-15-28-25-21(26(31)34)16(3)22(37-25)24(33)29-18-11-7-6-8-12-18/h6-15,20H,4-5H2,1-3H3,(H,29,33)(H,30,32). The molecule has 37 heavy (non-hydrogen) atoms. The van der Waals surface area contributed by atoms with Crippen LogP contribution in [-0.2, 0) is 9.53 Å². The maximum Gasteiger partial charge on any atom is 0.338 e. The lowest BCUT2D eigenvalue weighted by atomic mass is 10.1. The molecule has 0 aliphatic heterocycles. The van der Waals surface area contributed by atoms with Gasteiger partial charge in [0.2, 0.25) is 5.91 Å². The lowest BCUT2D eigenvalue weighted by Gasteiger charge is -2.18. The minimum atomic E-state index is -0.850. The van der Waals surface area contributed by atoms with Crippen LogP contribution < -0.4 is 16.2 Å². The second kappa shape index (κ2) is 11.2.